The van der Waals surface area contributed by atoms with E-state index in [4.69, 9.17) is 10.5 Å². The first-order valence-corrected chi connectivity index (χ1v) is 7.11. The predicted molar refractivity (Wildman–Crippen MR) is 70.2 cm³/mol. The quantitative estimate of drug-likeness (QED) is 0.747. The summed E-state index contributed by atoms with van der Waals surface area (Å²) in [7, 11) is 0. The minimum Gasteiger partial charge on any atom is -0.364 e. The van der Waals surface area contributed by atoms with Gasteiger partial charge in [0.2, 0.25) is 5.91 Å². The minimum atomic E-state index is -0.282. The molecule has 0 aromatic carbocycles. The smallest absolute Gasteiger partial charge is 0.249 e. The van der Waals surface area contributed by atoms with Gasteiger partial charge in [-0.05, 0) is 38.8 Å². The third kappa shape index (κ3) is 3.43. The fourth-order valence-electron chi connectivity index (χ4n) is 2.83. The number of amides is 1. The van der Waals surface area contributed by atoms with Crippen LogP contribution in [0.1, 0.15) is 32.6 Å². The zero-order valence-electron chi connectivity index (χ0n) is 11.2. The van der Waals surface area contributed by atoms with E-state index < -0.39 is 0 Å². The molecule has 1 amide bonds. The van der Waals surface area contributed by atoms with Crippen LogP contribution in [0.2, 0.25) is 0 Å². The predicted octanol–water partition coefficient (Wildman–Crippen LogP) is 0.0932. The third-order valence-electron chi connectivity index (χ3n) is 3.96. The van der Waals surface area contributed by atoms with Crippen LogP contribution in [0, 0.1) is 0 Å². The number of nitrogens with two attached hydrogens (primary N) is 1. The average Bonchev–Trinajstić information content (AvgIpc) is 2.88. The Bertz CT molecular complexity index is 285. The first-order chi connectivity index (χ1) is 8.72. The van der Waals surface area contributed by atoms with Gasteiger partial charge in [0.25, 0.3) is 0 Å². The van der Waals surface area contributed by atoms with Gasteiger partial charge in [-0.25, -0.2) is 0 Å². The largest absolute Gasteiger partial charge is 0.364 e. The van der Waals surface area contributed by atoms with Crippen molar-refractivity contribution in [2.45, 2.75) is 50.9 Å². The van der Waals surface area contributed by atoms with E-state index in [1.165, 1.54) is 0 Å². The number of hydrogen-bond acceptors (Lipinski definition) is 4. The van der Waals surface area contributed by atoms with Gasteiger partial charge in [0.1, 0.15) is 6.10 Å². The highest BCUT2D eigenvalue weighted by Crippen LogP contribution is 2.19. The Morgan fingerprint density at radius 1 is 1.44 bits per heavy atom. The molecule has 0 aromatic rings. The number of nitrogens with one attached hydrogen (secondary N) is 1. The van der Waals surface area contributed by atoms with E-state index in [-0.39, 0.29) is 24.2 Å². The average molecular weight is 255 g/mol. The fourth-order valence-corrected chi connectivity index (χ4v) is 2.83. The molecule has 2 heterocycles. The molecule has 5 nitrogen and oxygen atoms in total. The molecule has 104 valence electrons. The van der Waals surface area contributed by atoms with Crippen LogP contribution in [0.5, 0.6) is 0 Å². The van der Waals surface area contributed by atoms with Crippen molar-refractivity contribution in [1.29, 1.82) is 0 Å². The Morgan fingerprint density at radius 3 is 2.94 bits per heavy atom. The van der Waals surface area contributed by atoms with Gasteiger partial charge < -0.3 is 20.7 Å². The van der Waals surface area contributed by atoms with Crippen molar-refractivity contribution in [1.82, 2.24) is 10.2 Å². The standard InChI is InChI=1S/C13H25N3O2/c1-2-16-7-3-4-10(9-16)15-13(17)12-6-5-11(8-14)18-12/h10-12H,2-9,14H2,1H3,(H,15,17)/t10?,11-,12+/m1/s1. The first kappa shape index (κ1) is 13.8. The molecule has 2 rings (SSSR count). The minimum absolute atomic E-state index is 0.0499. The van der Waals surface area contributed by atoms with E-state index in [0.717, 1.165) is 45.3 Å². The molecule has 2 aliphatic heterocycles. The molecule has 18 heavy (non-hydrogen) atoms. The lowest BCUT2D eigenvalue weighted by atomic mass is 10.1. The molecular formula is C13H25N3O2. The molecule has 0 aromatic heterocycles. The van der Waals surface area contributed by atoms with E-state index in [9.17, 15) is 4.79 Å². The van der Waals surface area contributed by atoms with Crippen molar-refractivity contribution >= 4 is 5.91 Å². The summed E-state index contributed by atoms with van der Waals surface area (Å²) in [6, 6.07) is 0.284. The van der Waals surface area contributed by atoms with Gasteiger partial charge in [0.05, 0.1) is 6.10 Å². The van der Waals surface area contributed by atoms with Crippen molar-refractivity contribution in [3.8, 4) is 0 Å². The molecule has 3 N–H and O–H groups in total. The van der Waals surface area contributed by atoms with E-state index in [0.29, 0.717) is 6.54 Å². The number of hydrogen-bond donors (Lipinski definition) is 2. The van der Waals surface area contributed by atoms with Gasteiger partial charge >= 0.3 is 0 Å². The lowest BCUT2D eigenvalue weighted by Crippen LogP contribution is -2.50. The highest BCUT2D eigenvalue weighted by Gasteiger charge is 2.31. The number of ether oxygens (including phenoxy) is 1. The number of carbonyl (C=O) groups excluding carboxylic acids is 1. The maximum absolute atomic E-state index is 12.1. The van der Waals surface area contributed by atoms with E-state index >= 15 is 0 Å². The van der Waals surface area contributed by atoms with Gasteiger partial charge in [0, 0.05) is 19.1 Å². The maximum atomic E-state index is 12.1. The molecule has 1 unspecified atom stereocenters. The van der Waals surface area contributed by atoms with E-state index in [1.54, 1.807) is 0 Å². The topological polar surface area (TPSA) is 67.6 Å². The van der Waals surface area contributed by atoms with Crippen LogP contribution < -0.4 is 11.1 Å². The van der Waals surface area contributed by atoms with E-state index in [2.05, 4.69) is 17.1 Å². The Hall–Kier alpha value is -0.650. The van der Waals surface area contributed by atoms with Gasteiger partial charge in [0.15, 0.2) is 0 Å². The second-order valence-electron chi connectivity index (χ2n) is 5.30. The Morgan fingerprint density at radius 2 is 2.28 bits per heavy atom. The van der Waals surface area contributed by atoms with Crippen molar-refractivity contribution in [2.75, 3.05) is 26.2 Å². The number of nitrogens with zero attached hydrogens (tertiary/aromatic N) is 1. The molecule has 0 bridgehead atoms. The van der Waals surface area contributed by atoms with Crippen molar-refractivity contribution < 1.29 is 9.53 Å². The van der Waals surface area contributed by atoms with Crippen molar-refractivity contribution in [2.24, 2.45) is 5.73 Å². The molecule has 0 saturated carbocycles. The summed E-state index contributed by atoms with van der Waals surface area (Å²) in [4.78, 5) is 14.5. The molecule has 2 aliphatic rings. The molecule has 0 radical (unpaired) electrons. The van der Waals surface area contributed by atoms with Crippen LogP contribution in [0.3, 0.4) is 0 Å². The molecular weight excluding hydrogens is 230 g/mol. The normalized spacial score (nSPS) is 33.6. The Labute approximate surface area is 109 Å². The van der Waals surface area contributed by atoms with Crippen LogP contribution in [-0.2, 0) is 9.53 Å². The molecule has 0 spiro atoms. The number of likely N-dealkylation sites (tertiary alicyclic amines) is 1. The number of carbonyl (C=O) groups is 1. The fraction of sp³-hybridized carbons (Fsp3) is 0.923. The summed E-state index contributed by atoms with van der Waals surface area (Å²) in [5, 5.41) is 3.12. The van der Waals surface area contributed by atoms with Gasteiger partial charge in [-0.3, -0.25) is 4.79 Å². The van der Waals surface area contributed by atoms with Crippen molar-refractivity contribution in [3.05, 3.63) is 0 Å². The van der Waals surface area contributed by atoms with Crippen LogP contribution in [0.15, 0.2) is 0 Å². The highest BCUT2D eigenvalue weighted by molar-refractivity contribution is 5.81. The monoisotopic (exact) mass is 255 g/mol. The molecule has 0 aliphatic carbocycles. The van der Waals surface area contributed by atoms with Crippen LogP contribution in [0.4, 0.5) is 0 Å². The second kappa shape index (κ2) is 6.50. The molecule has 5 heteroatoms. The van der Waals surface area contributed by atoms with Crippen molar-refractivity contribution in [3.63, 3.8) is 0 Å². The molecule has 2 fully saturated rings. The lowest BCUT2D eigenvalue weighted by molar-refractivity contribution is -0.133. The van der Waals surface area contributed by atoms with Gasteiger partial charge in [-0.1, -0.05) is 6.92 Å². The zero-order chi connectivity index (χ0) is 13.0. The second-order valence-corrected chi connectivity index (χ2v) is 5.30. The Kier molecular flexibility index (Phi) is 4.97. The van der Waals surface area contributed by atoms with Gasteiger partial charge in [-0.2, -0.15) is 0 Å². The summed E-state index contributed by atoms with van der Waals surface area (Å²) >= 11 is 0. The summed E-state index contributed by atoms with van der Waals surface area (Å²) in [6.07, 6.45) is 3.73. The Balaban J connectivity index is 1.77. The maximum Gasteiger partial charge on any atom is 0.249 e. The summed E-state index contributed by atoms with van der Waals surface area (Å²) < 4.78 is 5.62. The summed E-state index contributed by atoms with van der Waals surface area (Å²) in [5.41, 5.74) is 5.55. The highest BCUT2D eigenvalue weighted by atomic mass is 16.5. The first-order valence-electron chi connectivity index (χ1n) is 7.11. The molecule has 2 saturated heterocycles. The van der Waals surface area contributed by atoms with E-state index in [1.807, 2.05) is 0 Å². The number of rotatable bonds is 4. The van der Waals surface area contributed by atoms with Crippen LogP contribution >= 0.6 is 0 Å². The van der Waals surface area contributed by atoms with Gasteiger partial charge in [-0.15, -0.1) is 0 Å². The SMILES string of the molecule is CCN1CCCC(NC(=O)[C@@H]2CC[C@H](CN)O2)C1. The summed E-state index contributed by atoms with van der Waals surface area (Å²) in [5.74, 6) is 0.0499. The van der Waals surface area contributed by atoms with Crippen LogP contribution in [-0.4, -0.2) is 55.2 Å². The third-order valence-corrected chi connectivity index (χ3v) is 3.96. The lowest BCUT2D eigenvalue weighted by Gasteiger charge is -2.32. The van der Waals surface area contributed by atoms with Crippen LogP contribution in [0.25, 0.3) is 0 Å². The zero-order valence-corrected chi connectivity index (χ0v) is 11.2. The summed E-state index contributed by atoms with van der Waals surface area (Å²) in [6.45, 7) is 5.85. The number of piperidine rings is 1. The molecule has 3 atom stereocenters. The number of likely N-dealkylation sites (N-methyl/N-ethyl adjacent to an activating group) is 1.